The predicted octanol–water partition coefficient (Wildman–Crippen LogP) is 3.24. The molecule has 1 saturated carbocycles. The maximum atomic E-state index is 14.4. The highest BCUT2D eigenvalue weighted by molar-refractivity contribution is 5.90. The summed E-state index contributed by atoms with van der Waals surface area (Å²) in [7, 11) is 6.41. The Hall–Kier alpha value is -3.62. The van der Waals surface area contributed by atoms with Crippen molar-refractivity contribution in [2.45, 2.75) is 129 Å². The standard InChI is InChI=1S/C40H64FN5O8/c1-12-23(6)35(45(9)39(50)34(22(4)5)44-38(49)33(42-8)21(2)3)31(53-10)20-32(47)46-29-18-26(29)19-30(46)36(54-11)24(7)37(48)43-28(40(51)52)17-25-15-13-14-16-27(25)41/h13-16,21-24,26,28-31,33-36,42H,12,17-20H2,1-11H3,(H,43,48)(H,44,49)(H,51,52)/t23?,24?,26-,28?,29-,30-,31?,33?,34?,35?,36?/m0/s1. The van der Waals surface area contributed by atoms with Crippen LogP contribution in [0, 0.1) is 35.4 Å². The summed E-state index contributed by atoms with van der Waals surface area (Å²) in [6.45, 7) is 13.3. The Labute approximate surface area is 320 Å². The molecule has 3 rings (SSSR count). The summed E-state index contributed by atoms with van der Waals surface area (Å²) in [5.74, 6) is -4.01. The minimum Gasteiger partial charge on any atom is -0.480 e. The van der Waals surface area contributed by atoms with E-state index in [1.807, 2.05) is 41.5 Å². The topological polar surface area (TPSA) is 167 Å². The van der Waals surface area contributed by atoms with Crippen LogP contribution >= 0.6 is 0 Å². The number of nitrogens with zero attached hydrogens (tertiary/aromatic N) is 2. The molecule has 0 spiro atoms. The van der Waals surface area contributed by atoms with Crippen molar-refractivity contribution in [3.8, 4) is 0 Å². The number of ether oxygens (including phenoxy) is 2. The first-order chi connectivity index (χ1) is 25.4. The number of likely N-dealkylation sites (tertiary alicyclic amines) is 1. The summed E-state index contributed by atoms with van der Waals surface area (Å²) in [5.41, 5.74) is 0.169. The van der Waals surface area contributed by atoms with Crippen LogP contribution in [0.3, 0.4) is 0 Å². The van der Waals surface area contributed by atoms with Gasteiger partial charge in [-0.2, -0.15) is 0 Å². The monoisotopic (exact) mass is 761 g/mol. The Kier molecular flexibility index (Phi) is 16.4. The van der Waals surface area contributed by atoms with Crippen LogP contribution in [0.15, 0.2) is 24.3 Å². The van der Waals surface area contributed by atoms with E-state index in [1.54, 1.807) is 36.9 Å². The second-order valence-corrected chi connectivity index (χ2v) is 15.9. The van der Waals surface area contributed by atoms with E-state index >= 15 is 0 Å². The molecular weight excluding hydrogens is 697 g/mol. The lowest BCUT2D eigenvalue weighted by Gasteiger charge is -2.41. The van der Waals surface area contributed by atoms with Crippen LogP contribution < -0.4 is 16.0 Å². The molecule has 0 bridgehead atoms. The largest absolute Gasteiger partial charge is 0.480 e. The Bertz CT molecular complexity index is 1460. The van der Waals surface area contributed by atoms with Gasteiger partial charge in [-0.3, -0.25) is 19.2 Å². The van der Waals surface area contributed by atoms with E-state index < -0.39 is 66.0 Å². The number of carboxylic acids is 1. The molecule has 304 valence electrons. The van der Waals surface area contributed by atoms with Crippen molar-refractivity contribution in [1.29, 1.82) is 0 Å². The van der Waals surface area contributed by atoms with Gasteiger partial charge in [-0.05, 0) is 55.2 Å². The zero-order chi connectivity index (χ0) is 40.6. The SMILES string of the molecule is CCC(C)C(C(CC(=O)N1[C@H](C(OC)C(C)C(=O)NC(Cc2ccccc2F)C(=O)O)C[C@@H]2C[C@@H]21)OC)N(C)C(=O)C(NC(=O)C(NC)C(C)C)C(C)C. The molecule has 8 unspecified atom stereocenters. The lowest BCUT2D eigenvalue weighted by Crippen LogP contribution is -2.59. The molecule has 11 atom stereocenters. The highest BCUT2D eigenvalue weighted by Crippen LogP contribution is 2.50. The van der Waals surface area contributed by atoms with E-state index in [0.717, 1.165) is 6.42 Å². The van der Waals surface area contributed by atoms with Gasteiger partial charge < -0.3 is 40.3 Å². The van der Waals surface area contributed by atoms with Gasteiger partial charge in [0.1, 0.15) is 17.9 Å². The van der Waals surface area contributed by atoms with E-state index in [1.165, 1.54) is 32.4 Å². The van der Waals surface area contributed by atoms with Crippen molar-refractivity contribution < 1.29 is 42.9 Å². The molecule has 1 saturated heterocycles. The van der Waals surface area contributed by atoms with E-state index in [9.17, 15) is 33.5 Å². The van der Waals surface area contributed by atoms with E-state index in [-0.39, 0.29) is 65.8 Å². The van der Waals surface area contributed by atoms with Crippen molar-refractivity contribution >= 4 is 29.6 Å². The van der Waals surface area contributed by atoms with Gasteiger partial charge in [-0.1, -0.05) is 73.1 Å². The zero-order valence-electron chi connectivity index (χ0n) is 33.9. The zero-order valence-corrected chi connectivity index (χ0v) is 33.9. The number of hydrogen-bond donors (Lipinski definition) is 4. The minimum absolute atomic E-state index is 0.00943. The number of halogens is 1. The van der Waals surface area contributed by atoms with E-state index in [0.29, 0.717) is 12.8 Å². The molecule has 1 aromatic carbocycles. The van der Waals surface area contributed by atoms with Crippen LogP contribution in [0.25, 0.3) is 0 Å². The lowest BCUT2D eigenvalue weighted by atomic mass is 9.89. The van der Waals surface area contributed by atoms with Crippen molar-refractivity contribution in [3.63, 3.8) is 0 Å². The number of fused-ring (bicyclic) bond motifs is 1. The third-order valence-corrected chi connectivity index (χ3v) is 11.6. The van der Waals surface area contributed by atoms with Gasteiger partial charge in [0.25, 0.3) is 0 Å². The van der Waals surface area contributed by atoms with Crippen molar-refractivity contribution in [1.82, 2.24) is 25.8 Å². The van der Waals surface area contributed by atoms with E-state index in [4.69, 9.17) is 9.47 Å². The van der Waals surface area contributed by atoms with Crippen LogP contribution in [0.5, 0.6) is 0 Å². The van der Waals surface area contributed by atoms with Gasteiger partial charge >= 0.3 is 5.97 Å². The molecule has 0 radical (unpaired) electrons. The smallest absolute Gasteiger partial charge is 0.326 e. The van der Waals surface area contributed by atoms with Crippen LogP contribution in [-0.2, 0) is 39.9 Å². The number of amides is 4. The van der Waals surface area contributed by atoms with Gasteiger partial charge in [0, 0.05) is 33.7 Å². The quantitative estimate of drug-likeness (QED) is 0.147. The second-order valence-electron chi connectivity index (χ2n) is 15.9. The molecule has 13 nitrogen and oxygen atoms in total. The molecule has 14 heteroatoms. The van der Waals surface area contributed by atoms with Gasteiger partial charge in [0.2, 0.25) is 23.6 Å². The number of aliphatic carboxylic acids is 1. The highest BCUT2D eigenvalue weighted by Gasteiger charge is 2.57. The first kappa shape index (κ1) is 44.8. The molecule has 1 aromatic rings. The second kappa shape index (κ2) is 19.8. The summed E-state index contributed by atoms with van der Waals surface area (Å²) in [5, 5.41) is 18.4. The molecule has 1 heterocycles. The highest BCUT2D eigenvalue weighted by atomic mass is 19.1. The fourth-order valence-corrected chi connectivity index (χ4v) is 8.14. The maximum absolute atomic E-state index is 14.4. The summed E-state index contributed by atoms with van der Waals surface area (Å²) < 4.78 is 26.2. The molecule has 1 aliphatic heterocycles. The number of rotatable bonds is 21. The molecule has 0 aromatic heterocycles. The van der Waals surface area contributed by atoms with E-state index in [2.05, 4.69) is 16.0 Å². The van der Waals surface area contributed by atoms with Crippen LogP contribution in [0.4, 0.5) is 4.39 Å². The Morgan fingerprint density at radius 2 is 1.57 bits per heavy atom. The van der Waals surface area contributed by atoms with Crippen LogP contribution in [-0.4, -0.2) is 121 Å². The van der Waals surface area contributed by atoms with Crippen molar-refractivity contribution in [2.24, 2.45) is 29.6 Å². The fourth-order valence-electron chi connectivity index (χ4n) is 8.14. The number of hydrogen-bond acceptors (Lipinski definition) is 8. The number of carbonyl (C=O) groups excluding carboxylic acids is 4. The normalized spacial score (nSPS) is 22.3. The number of likely N-dealkylation sites (N-methyl/N-ethyl adjacent to an activating group) is 2. The van der Waals surface area contributed by atoms with Gasteiger partial charge in [-0.25, -0.2) is 9.18 Å². The van der Waals surface area contributed by atoms with Crippen LogP contribution in [0.2, 0.25) is 0 Å². The Morgan fingerprint density at radius 1 is 0.944 bits per heavy atom. The Balaban J connectivity index is 1.81. The number of carboxylic acid groups (broad SMARTS) is 1. The average Bonchev–Trinajstić information content (AvgIpc) is 3.78. The van der Waals surface area contributed by atoms with Crippen molar-refractivity contribution in [3.05, 3.63) is 35.6 Å². The van der Waals surface area contributed by atoms with Gasteiger partial charge in [-0.15, -0.1) is 0 Å². The third kappa shape index (κ3) is 10.6. The minimum atomic E-state index is -1.37. The molecule has 1 aliphatic carbocycles. The molecule has 4 N–H and O–H groups in total. The average molecular weight is 762 g/mol. The van der Waals surface area contributed by atoms with Crippen molar-refractivity contribution in [2.75, 3.05) is 28.3 Å². The third-order valence-electron chi connectivity index (χ3n) is 11.6. The number of piperidine rings is 1. The number of benzene rings is 1. The first-order valence-corrected chi connectivity index (χ1v) is 19.3. The molecular formula is C40H64FN5O8. The first-order valence-electron chi connectivity index (χ1n) is 19.3. The number of methoxy groups -OCH3 is 2. The fraction of sp³-hybridized carbons (Fsp3) is 0.725. The van der Waals surface area contributed by atoms with Gasteiger partial charge in [0.05, 0.1) is 42.7 Å². The summed E-state index contributed by atoms with van der Waals surface area (Å²) >= 11 is 0. The number of carbonyl (C=O) groups is 5. The maximum Gasteiger partial charge on any atom is 0.326 e. The summed E-state index contributed by atoms with van der Waals surface area (Å²) in [6.07, 6.45) is 0.457. The summed E-state index contributed by atoms with van der Waals surface area (Å²) in [4.78, 5) is 70.8. The molecule has 54 heavy (non-hydrogen) atoms. The Morgan fingerprint density at radius 3 is 2.09 bits per heavy atom. The lowest BCUT2D eigenvalue weighted by molar-refractivity contribution is -0.149. The summed E-state index contributed by atoms with van der Waals surface area (Å²) in [6, 6.07) is 2.21. The molecule has 2 aliphatic rings. The van der Waals surface area contributed by atoms with Gasteiger partial charge in [0.15, 0.2) is 0 Å². The predicted molar refractivity (Wildman–Crippen MR) is 203 cm³/mol. The number of nitrogens with one attached hydrogen (secondary N) is 3. The molecule has 2 fully saturated rings. The van der Waals surface area contributed by atoms with Crippen LogP contribution in [0.1, 0.15) is 79.7 Å². The molecule has 4 amide bonds.